The van der Waals surface area contributed by atoms with Gasteiger partial charge in [0.15, 0.2) is 5.82 Å². The van der Waals surface area contributed by atoms with E-state index in [1.807, 2.05) is 6.07 Å². The van der Waals surface area contributed by atoms with Crippen molar-refractivity contribution in [2.45, 2.75) is 31.6 Å². The van der Waals surface area contributed by atoms with Crippen LogP contribution >= 0.6 is 39.1 Å². The molecule has 1 saturated carbocycles. The standard InChI is InChI=1S/C14H12BrCl2N3/c15-10-5-9(6-18-7-10)14-19-12(16)11(13(17)20-14)8-3-1-2-4-8/h5-8H,1-4H2. The van der Waals surface area contributed by atoms with Crippen LogP contribution in [0.3, 0.4) is 0 Å². The van der Waals surface area contributed by atoms with E-state index in [9.17, 15) is 0 Å². The average Bonchev–Trinajstić information content (AvgIpc) is 2.91. The Kier molecular flexibility index (Phi) is 4.24. The highest BCUT2D eigenvalue weighted by atomic mass is 79.9. The third-order valence-electron chi connectivity index (χ3n) is 3.58. The molecule has 6 heteroatoms. The Bertz CT molecular complexity index is 619. The fourth-order valence-electron chi connectivity index (χ4n) is 2.63. The molecule has 2 heterocycles. The molecule has 0 bridgehead atoms. The predicted octanol–water partition coefficient (Wildman–Crippen LogP) is 5.27. The monoisotopic (exact) mass is 371 g/mol. The number of rotatable bonds is 2. The largest absolute Gasteiger partial charge is 0.263 e. The van der Waals surface area contributed by atoms with Gasteiger partial charge in [0, 0.05) is 28.0 Å². The lowest BCUT2D eigenvalue weighted by Crippen LogP contribution is -2.01. The summed E-state index contributed by atoms with van der Waals surface area (Å²) in [4.78, 5) is 12.9. The molecule has 3 nitrogen and oxygen atoms in total. The van der Waals surface area contributed by atoms with Crippen molar-refractivity contribution >= 4 is 39.1 Å². The first-order valence-electron chi connectivity index (χ1n) is 6.49. The van der Waals surface area contributed by atoms with Crippen molar-refractivity contribution in [2.75, 3.05) is 0 Å². The first-order chi connectivity index (χ1) is 9.65. The summed E-state index contributed by atoms with van der Waals surface area (Å²) in [5.74, 6) is 0.903. The zero-order valence-corrected chi connectivity index (χ0v) is 13.7. The van der Waals surface area contributed by atoms with E-state index >= 15 is 0 Å². The summed E-state index contributed by atoms with van der Waals surface area (Å²) in [5, 5.41) is 0.929. The molecule has 0 radical (unpaired) electrons. The van der Waals surface area contributed by atoms with Gasteiger partial charge in [0.25, 0.3) is 0 Å². The molecular formula is C14H12BrCl2N3. The van der Waals surface area contributed by atoms with E-state index in [1.54, 1.807) is 12.4 Å². The Balaban J connectivity index is 2.03. The molecule has 0 saturated heterocycles. The second-order valence-electron chi connectivity index (χ2n) is 4.92. The van der Waals surface area contributed by atoms with E-state index in [2.05, 4.69) is 30.9 Å². The Morgan fingerprint density at radius 3 is 2.30 bits per heavy atom. The quantitative estimate of drug-likeness (QED) is 0.674. The predicted molar refractivity (Wildman–Crippen MR) is 84.2 cm³/mol. The summed E-state index contributed by atoms with van der Waals surface area (Å²) >= 11 is 16.1. The number of pyridine rings is 1. The highest BCUT2D eigenvalue weighted by Gasteiger charge is 2.24. The van der Waals surface area contributed by atoms with Crippen LogP contribution in [-0.2, 0) is 0 Å². The molecule has 1 fully saturated rings. The van der Waals surface area contributed by atoms with Crippen LogP contribution in [-0.4, -0.2) is 15.0 Å². The number of halogens is 3. The van der Waals surface area contributed by atoms with Crippen LogP contribution in [0.25, 0.3) is 11.4 Å². The van der Waals surface area contributed by atoms with Gasteiger partial charge in [0.05, 0.1) is 0 Å². The van der Waals surface area contributed by atoms with E-state index in [1.165, 1.54) is 12.8 Å². The molecule has 20 heavy (non-hydrogen) atoms. The van der Waals surface area contributed by atoms with Crippen molar-refractivity contribution in [3.8, 4) is 11.4 Å². The smallest absolute Gasteiger partial charge is 0.164 e. The molecule has 0 aromatic carbocycles. The van der Waals surface area contributed by atoms with Gasteiger partial charge in [-0.1, -0.05) is 36.0 Å². The van der Waals surface area contributed by atoms with Crippen molar-refractivity contribution in [3.63, 3.8) is 0 Å². The summed E-state index contributed by atoms with van der Waals surface area (Å²) in [6.45, 7) is 0. The summed E-state index contributed by atoms with van der Waals surface area (Å²) < 4.78 is 0.866. The maximum atomic E-state index is 6.34. The summed E-state index contributed by atoms with van der Waals surface area (Å²) in [6, 6.07) is 1.89. The molecule has 0 spiro atoms. The van der Waals surface area contributed by atoms with Gasteiger partial charge in [-0.2, -0.15) is 0 Å². The van der Waals surface area contributed by atoms with Gasteiger partial charge in [-0.05, 0) is 40.8 Å². The van der Waals surface area contributed by atoms with Gasteiger partial charge >= 0.3 is 0 Å². The molecule has 0 aliphatic heterocycles. The van der Waals surface area contributed by atoms with Crippen LogP contribution in [0.5, 0.6) is 0 Å². The third kappa shape index (κ3) is 2.83. The molecule has 1 aliphatic rings. The summed E-state index contributed by atoms with van der Waals surface area (Å²) in [6.07, 6.45) is 8.06. The van der Waals surface area contributed by atoms with Crippen LogP contribution in [0.15, 0.2) is 22.9 Å². The molecule has 1 aliphatic carbocycles. The molecule has 0 amide bonds. The van der Waals surface area contributed by atoms with E-state index in [-0.39, 0.29) is 0 Å². The Morgan fingerprint density at radius 2 is 1.70 bits per heavy atom. The third-order valence-corrected chi connectivity index (χ3v) is 4.59. The number of hydrogen-bond acceptors (Lipinski definition) is 3. The minimum Gasteiger partial charge on any atom is -0.263 e. The van der Waals surface area contributed by atoms with Crippen molar-refractivity contribution in [2.24, 2.45) is 0 Å². The maximum absolute atomic E-state index is 6.34. The van der Waals surface area contributed by atoms with Crippen molar-refractivity contribution in [1.29, 1.82) is 0 Å². The molecule has 2 aromatic heterocycles. The fourth-order valence-corrected chi connectivity index (χ4v) is 3.69. The van der Waals surface area contributed by atoms with Crippen LogP contribution < -0.4 is 0 Å². The number of nitrogens with zero attached hydrogens (tertiary/aromatic N) is 3. The van der Waals surface area contributed by atoms with E-state index < -0.39 is 0 Å². The van der Waals surface area contributed by atoms with Crippen LogP contribution in [0, 0.1) is 0 Å². The van der Waals surface area contributed by atoms with E-state index in [0.29, 0.717) is 22.0 Å². The molecule has 0 unspecified atom stereocenters. The Morgan fingerprint density at radius 1 is 1.05 bits per heavy atom. The molecular weight excluding hydrogens is 361 g/mol. The maximum Gasteiger partial charge on any atom is 0.164 e. The highest BCUT2D eigenvalue weighted by molar-refractivity contribution is 9.10. The second-order valence-corrected chi connectivity index (χ2v) is 6.55. The molecule has 104 valence electrons. The van der Waals surface area contributed by atoms with Gasteiger partial charge < -0.3 is 0 Å². The average molecular weight is 373 g/mol. The fraction of sp³-hybridized carbons (Fsp3) is 0.357. The van der Waals surface area contributed by atoms with Crippen molar-refractivity contribution in [1.82, 2.24) is 15.0 Å². The summed E-state index contributed by atoms with van der Waals surface area (Å²) in [7, 11) is 0. The van der Waals surface area contributed by atoms with Crippen LogP contribution in [0.4, 0.5) is 0 Å². The SMILES string of the molecule is Clc1nc(-c2cncc(Br)c2)nc(Cl)c1C1CCCC1. The molecule has 0 atom stereocenters. The minimum atomic E-state index is 0.393. The van der Waals surface area contributed by atoms with Crippen molar-refractivity contribution < 1.29 is 0 Å². The van der Waals surface area contributed by atoms with Crippen LogP contribution in [0.1, 0.15) is 37.2 Å². The normalized spacial score (nSPS) is 15.8. The lowest BCUT2D eigenvalue weighted by atomic mass is 10.0. The second kappa shape index (κ2) is 5.96. The molecule has 2 aromatic rings. The Labute approximate surface area is 135 Å². The van der Waals surface area contributed by atoms with Gasteiger partial charge in [-0.15, -0.1) is 0 Å². The number of hydrogen-bond donors (Lipinski definition) is 0. The zero-order valence-electron chi connectivity index (χ0n) is 10.6. The first-order valence-corrected chi connectivity index (χ1v) is 8.04. The minimum absolute atomic E-state index is 0.393. The molecule has 3 rings (SSSR count). The van der Waals surface area contributed by atoms with Gasteiger partial charge in [0.1, 0.15) is 10.3 Å². The topological polar surface area (TPSA) is 38.7 Å². The van der Waals surface area contributed by atoms with E-state index in [4.69, 9.17) is 23.2 Å². The van der Waals surface area contributed by atoms with Gasteiger partial charge in [0.2, 0.25) is 0 Å². The Hall–Kier alpha value is -0.710. The molecule has 0 N–H and O–H groups in total. The zero-order chi connectivity index (χ0) is 14.1. The number of aromatic nitrogens is 3. The first kappa shape index (κ1) is 14.2. The lowest BCUT2D eigenvalue weighted by molar-refractivity contribution is 0.715. The van der Waals surface area contributed by atoms with Crippen LogP contribution in [0.2, 0.25) is 10.3 Å². The van der Waals surface area contributed by atoms with Gasteiger partial charge in [-0.25, -0.2) is 9.97 Å². The van der Waals surface area contributed by atoms with E-state index in [0.717, 1.165) is 28.4 Å². The summed E-state index contributed by atoms with van der Waals surface area (Å²) in [5.41, 5.74) is 1.69. The van der Waals surface area contributed by atoms with Crippen molar-refractivity contribution in [3.05, 3.63) is 38.8 Å². The lowest BCUT2D eigenvalue weighted by Gasteiger charge is -2.13. The van der Waals surface area contributed by atoms with Gasteiger partial charge in [-0.3, -0.25) is 4.98 Å². The highest BCUT2D eigenvalue weighted by Crippen LogP contribution is 2.40.